The number of carbonyl (C=O) groups is 1. The van der Waals surface area contributed by atoms with Gasteiger partial charge in [0, 0.05) is 19.0 Å². The normalized spacial score (nSPS) is 16.3. The second kappa shape index (κ2) is 6.49. The molecular formula is C19H24N2O. The van der Waals surface area contributed by atoms with Gasteiger partial charge in [-0.25, -0.2) is 0 Å². The van der Waals surface area contributed by atoms with Gasteiger partial charge in [-0.1, -0.05) is 43.3 Å². The third-order valence-electron chi connectivity index (χ3n) is 4.79. The van der Waals surface area contributed by atoms with E-state index in [9.17, 15) is 4.79 Å². The van der Waals surface area contributed by atoms with Gasteiger partial charge in [-0.05, 0) is 48.3 Å². The average Bonchev–Trinajstić information content (AvgIpc) is 2.50. The van der Waals surface area contributed by atoms with Gasteiger partial charge in [0.05, 0.1) is 0 Å². The van der Waals surface area contributed by atoms with Crippen LogP contribution >= 0.6 is 0 Å². The Hall–Kier alpha value is -1.87. The van der Waals surface area contributed by atoms with Crippen LogP contribution in [0.15, 0.2) is 42.5 Å². The second-order valence-electron chi connectivity index (χ2n) is 6.24. The summed E-state index contributed by atoms with van der Waals surface area (Å²) in [6.45, 7) is 7.53. The van der Waals surface area contributed by atoms with Crippen molar-refractivity contribution in [1.82, 2.24) is 10.2 Å². The summed E-state index contributed by atoms with van der Waals surface area (Å²) in [5.74, 6) is 0.891. The molecule has 2 aromatic rings. The molecule has 0 aliphatic carbocycles. The molecule has 3 rings (SSSR count). The number of hydrogen-bond acceptors (Lipinski definition) is 2. The second-order valence-corrected chi connectivity index (χ2v) is 6.24. The minimum Gasteiger partial charge on any atom is -0.338 e. The van der Waals surface area contributed by atoms with E-state index in [2.05, 4.69) is 61.6 Å². The molecule has 0 aromatic heterocycles. The van der Waals surface area contributed by atoms with Crippen LogP contribution in [0.1, 0.15) is 19.4 Å². The van der Waals surface area contributed by atoms with Crippen LogP contribution in [0.25, 0.3) is 10.8 Å². The zero-order chi connectivity index (χ0) is 15.5. The Morgan fingerprint density at radius 3 is 2.59 bits per heavy atom. The standard InChI is InChI=1S/C19H24N2O/c1-3-21(19(22)14(2)18-11-20-12-18)13-15-8-9-16-6-4-5-7-17(16)10-15/h4-10,14,18,20H,3,11-13H2,1-2H3. The van der Waals surface area contributed by atoms with Gasteiger partial charge in [-0.2, -0.15) is 0 Å². The van der Waals surface area contributed by atoms with E-state index in [4.69, 9.17) is 0 Å². The van der Waals surface area contributed by atoms with Crippen molar-refractivity contribution in [3.8, 4) is 0 Å². The molecule has 1 fully saturated rings. The summed E-state index contributed by atoms with van der Waals surface area (Å²) in [5.41, 5.74) is 1.20. The first kappa shape index (κ1) is 15.0. The summed E-state index contributed by atoms with van der Waals surface area (Å²) < 4.78 is 0. The van der Waals surface area contributed by atoms with Crippen molar-refractivity contribution in [2.24, 2.45) is 11.8 Å². The third-order valence-corrected chi connectivity index (χ3v) is 4.79. The van der Waals surface area contributed by atoms with Crippen LogP contribution in [0.3, 0.4) is 0 Å². The van der Waals surface area contributed by atoms with Crippen molar-refractivity contribution in [3.05, 3.63) is 48.0 Å². The molecule has 1 heterocycles. The molecule has 3 heteroatoms. The molecule has 1 aliphatic rings. The number of hydrogen-bond donors (Lipinski definition) is 1. The minimum atomic E-state index is 0.113. The molecule has 116 valence electrons. The Labute approximate surface area is 132 Å². The molecule has 1 amide bonds. The number of nitrogens with zero attached hydrogens (tertiary/aromatic N) is 1. The molecule has 1 N–H and O–H groups in total. The summed E-state index contributed by atoms with van der Waals surface area (Å²) in [5, 5.41) is 5.73. The lowest BCUT2D eigenvalue weighted by Crippen LogP contribution is -2.50. The van der Waals surface area contributed by atoms with Gasteiger partial charge in [0.25, 0.3) is 0 Å². The summed E-state index contributed by atoms with van der Waals surface area (Å²) in [6, 6.07) is 14.8. The lowest BCUT2D eigenvalue weighted by atomic mass is 9.88. The van der Waals surface area contributed by atoms with Crippen LogP contribution in [-0.2, 0) is 11.3 Å². The maximum absolute atomic E-state index is 12.7. The molecule has 3 nitrogen and oxygen atoms in total. The van der Waals surface area contributed by atoms with Gasteiger partial charge in [-0.15, -0.1) is 0 Å². The van der Waals surface area contributed by atoms with Gasteiger partial charge in [0.2, 0.25) is 5.91 Å². The van der Waals surface area contributed by atoms with Crippen LogP contribution in [0.5, 0.6) is 0 Å². The van der Waals surface area contributed by atoms with Gasteiger partial charge in [0.15, 0.2) is 0 Å². The maximum Gasteiger partial charge on any atom is 0.226 e. The lowest BCUT2D eigenvalue weighted by molar-refractivity contribution is -0.137. The molecule has 1 aliphatic heterocycles. The predicted octanol–water partition coefficient (Wildman–Crippen LogP) is 3.04. The van der Waals surface area contributed by atoms with E-state index in [1.54, 1.807) is 0 Å². The summed E-state index contributed by atoms with van der Waals surface area (Å²) >= 11 is 0. The van der Waals surface area contributed by atoms with Crippen LogP contribution in [0.2, 0.25) is 0 Å². The monoisotopic (exact) mass is 296 g/mol. The third kappa shape index (κ3) is 3.00. The Kier molecular flexibility index (Phi) is 4.44. The van der Waals surface area contributed by atoms with Gasteiger partial charge in [-0.3, -0.25) is 4.79 Å². The minimum absolute atomic E-state index is 0.113. The first-order valence-electron chi connectivity index (χ1n) is 8.16. The first-order chi connectivity index (χ1) is 10.7. The predicted molar refractivity (Wildman–Crippen MR) is 90.6 cm³/mol. The summed E-state index contributed by atoms with van der Waals surface area (Å²) in [6.07, 6.45) is 0. The molecule has 1 unspecified atom stereocenters. The van der Waals surface area contributed by atoms with E-state index in [0.717, 1.165) is 19.6 Å². The van der Waals surface area contributed by atoms with Crippen molar-refractivity contribution >= 4 is 16.7 Å². The van der Waals surface area contributed by atoms with Crippen molar-refractivity contribution in [2.45, 2.75) is 20.4 Å². The maximum atomic E-state index is 12.7. The van der Waals surface area contributed by atoms with E-state index < -0.39 is 0 Å². The zero-order valence-electron chi connectivity index (χ0n) is 13.4. The summed E-state index contributed by atoms with van der Waals surface area (Å²) in [4.78, 5) is 14.7. The first-order valence-corrected chi connectivity index (χ1v) is 8.16. The fraction of sp³-hybridized carbons (Fsp3) is 0.421. The van der Waals surface area contributed by atoms with Gasteiger partial charge >= 0.3 is 0 Å². The van der Waals surface area contributed by atoms with Crippen LogP contribution in [0.4, 0.5) is 0 Å². The molecule has 1 saturated heterocycles. The van der Waals surface area contributed by atoms with Gasteiger partial charge < -0.3 is 10.2 Å². The topological polar surface area (TPSA) is 32.3 Å². The van der Waals surface area contributed by atoms with Crippen molar-refractivity contribution in [2.75, 3.05) is 19.6 Å². The SMILES string of the molecule is CCN(Cc1ccc2ccccc2c1)C(=O)C(C)C1CNC1. The number of carbonyl (C=O) groups excluding carboxylic acids is 1. The molecule has 22 heavy (non-hydrogen) atoms. The highest BCUT2D eigenvalue weighted by atomic mass is 16.2. The van der Waals surface area contributed by atoms with E-state index in [1.807, 2.05) is 4.90 Å². The molecule has 0 spiro atoms. The van der Waals surface area contributed by atoms with Crippen molar-refractivity contribution in [1.29, 1.82) is 0 Å². The number of rotatable bonds is 5. The van der Waals surface area contributed by atoms with E-state index >= 15 is 0 Å². The molecule has 0 saturated carbocycles. The Morgan fingerprint density at radius 2 is 1.95 bits per heavy atom. The zero-order valence-corrected chi connectivity index (χ0v) is 13.4. The Bertz CT molecular complexity index is 663. The number of amides is 1. The highest BCUT2D eigenvalue weighted by Crippen LogP contribution is 2.21. The van der Waals surface area contributed by atoms with Crippen LogP contribution in [-0.4, -0.2) is 30.4 Å². The smallest absolute Gasteiger partial charge is 0.226 e. The van der Waals surface area contributed by atoms with E-state index in [0.29, 0.717) is 12.5 Å². The Morgan fingerprint density at radius 1 is 1.23 bits per heavy atom. The molecule has 2 aromatic carbocycles. The van der Waals surface area contributed by atoms with E-state index in [-0.39, 0.29) is 11.8 Å². The Balaban J connectivity index is 1.74. The fourth-order valence-electron chi connectivity index (χ4n) is 3.06. The lowest BCUT2D eigenvalue weighted by Gasteiger charge is -2.34. The quantitative estimate of drug-likeness (QED) is 0.920. The number of fused-ring (bicyclic) bond motifs is 1. The number of nitrogens with one attached hydrogen (secondary N) is 1. The highest BCUT2D eigenvalue weighted by molar-refractivity contribution is 5.83. The van der Waals surface area contributed by atoms with Crippen molar-refractivity contribution < 1.29 is 4.79 Å². The van der Waals surface area contributed by atoms with Gasteiger partial charge in [0.1, 0.15) is 0 Å². The fourth-order valence-corrected chi connectivity index (χ4v) is 3.06. The van der Waals surface area contributed by atoms with Crippen LogP contribution in [0, 0.1) is 11.8 Å². The highest BCUT2D eigenvalue weighted by Gasteiger charge is 2.31. The van der Waals surface area contributed by atoms with Crippen LogP contribution < -0.4 is 5.32 Å². The molecule has 1 atom stereocenters. The number of benzene rings is 2. The largest absolute Gasteiger partial charge is 0.338 e. The average molecular weight is 296 g/mol. The van der Waals surface area contributed by atoms with Crippen molar-refractivity contribution in [3.63, 3.8) is 0 Å². The van der Waals surface area contributed by atoms with E-state index in [1.165, 1.54) is 16.3 Å². The molecule has 0 radical (unpaired) electrons. The summed E-state index contributed by atoms with van der Waals surface area (Å²) in [7, 11) is 0. The molecular weight excluding hydrogens is 272 g/mol. The molecule has 0 bridgehead atoms.